The molecule has 0 N–H and O–H groups in total. The maximum Gasteiger partial charge on any atom is 1.00 e. The van der Waals surface area contributed by atoms with Crippen LogP contribution in [0.15, 0.2) is 0 Å². The molecule has 0 aromatic carbocycles. The maximum atomic E-state index is 3.82. The van der Waals surface area contributed by atoms with Gasteiger partial charge in [0.05, 0.1) is 0 Å². The summed E-state index contributed by atoms with van der Waals surface area (Å²) in [5, 5.41) is 0. The molecule has 0 saturated carbocycles. The van der Waals surface area contributed by atoms with Gasteiger partial charge >= 0.3 is 35.9 Å². The van der Waals surface area contributed by atoms with E-state index in [4.69, 9.17) is 0 Å². The molecule has 0 aliphatic carbocycles. The van der Waals surface area contributed by atoms with Crippen molar-refractivity contribution in [2.24, 2.45) is 0 Å². The summed E-state index contributed by atoms with van der Waals surface area (Å²) in [6.45, 7) is 6.08. The van der Waals surface area contributed by atoms with Gasteiger partial charge in [0.1, 0.15) is 0 Å². The molecule has 0 aliphatic rings. The number of hydrogen-bond acceptors (Lipinski definition) is 0. The molecule has 0 saturated heterocycles. The molecule has 0 bridgehead atoms. The summed E-state index contributed by atoms with van der Waals surface area (Å²) in [6.07, 6.45) is 10.9. The van der Waals surface area contributed by atoms with Crippen LogP contribution in [0.1, 0.15) is 59.7 Å². The number of rotatable bonds is 7. The second kappa shape index (κ2) is 18.0. The van der Waals surface area contributed by atoms with E-state index in [0.29, 0.717) is 0 Å². The Hall–Kier alpha value is 1.12. The Kier molecular flexibility index (Phi) is 28.2. The molecule has 0 spiro atoms. The first-order valence-corrected chi connectivity index (χ1v) is 4.71. The third-order valence-electron chi connectivity index (χ3n) is 1.85. The maximum absolute atomic E-state index is 3.82. The van der Waals surface area contributed by atoms with E-state index in [1.165, 1.54) is 44.9 Å². The number of unbranched alkanes of at least 4 members (excludes halogenated alkanes) is 7. The zero-order valence-corrected chi connectivity index (χ0v) is 9.61. The first-order chi connectivity index (χ1) is 4.91. The van der Waals surface area contributed by atoms with Crippen molar-refractivity contribution < 1.29 is 37.4 Å². The molecule has 0 aromatic rings. The van der Waals surface area contributed by atoms with E-state index in [1.54, 1.807) is 0 Å². The molecule has 12 heavy (non-hydrogen) atoms. The summed E-state index contributed by atoms with van der Waals surface area (Å²) in [5.74, 6) is 0. The van der Waals surface area contributed by atoms with E-state index >= 15 is 0 Å². The average Bonchev–Trinajstić information content (AvgIpc) is 1.97. The van der Waals surface area contributed by atoms with Crippen LogP contribution in [-0.2, 0) is 17.1 Å². The average molecular weight is 213 g/mol. The van der Waals surface area contributed by atoms with Crippen LogP contribution in [0.4, 0.5) is 0 Å². The van der Waals surface area contributed by atoms with Crippen LogP contribution < -0.4 is 18.9 Å². The minimum Gasteiger partial charge on any atom is -1.00 e. The Balaban J connectivity index is -0.000000135. The van der Waals surface area contributed by atoms with Gasteiger partial charge in [0.25, 0.3) is 0 Å². The molecular formula is C10H22CuLi. The van der Waals surface area contributed by atoms with Gasteiger partial charge in [-0.05, 0) is 0 Å². The van der Waals surface area contributed by atoms with Crippen LogP contribution in [0.2, 0.25) is 0 Å². The Labute approximate surface area is 102 Å². The van der Waals surface area contributed by atoms with Crippen LogP contribution in [0, 0.1) is 6.92 Å². The van der Waals surface area contributed by atoms with Gasteiger partial charge in [-0.1, -0.05) is 51.9 Å². The molecule has 0 rings (SSSR count). The summed E-state index contributed by atoms with van der Waals surface area (Å²) in [5.41, 5.74) is 0. The van der Waals surface area contributed by atoms with Gasteiger partial charge < -0.3 is 8.35 Å². The summed E-state index contributed by atoms with van der Waals surface area (Å²) < 4.78 is 0. The quantitative estimate of drug-likeness (QED) is 0.337. The van der Waals surface area contributed by atoms with Crippen LogP contribution in [0.5, 0.6) is 0 Å². The van der Waals surface area contributed by atoms with E-state index in [-0.39, 0.29) is 37.4 Å². The predicted molar refractivity (Wildman–Crippen MR) is 49.1 cm³/mol. The van der Waals surface area contributed by atoms with Crippen molar-refractivity contribution in [1.82, 2.24) is 0 Å². The van der Waals surface area contributed by atoms with Crippen molar-refractivity contribution in [2.75, 3.05) is 0 Å². The van der Waals surface area contributed by atoms with Gasteiger partial charge in [0.2, 0.25) is 0 Å². The monoisotopic (exact) mass is 212 g/mol. The third-order valence-corrected chi connectivity index (χ3v) is 1.85. The summed E-state index contributed by atoms with van der Waals surface area (Å²) in [6, 6.07) is 0. The SMILES string of the molecule is [CH2-]CCCCCCCCC.[Cu+].[H-].[Li+]. The van der Waals surface area contributed by atoms with Gasteiger partial charge in [-0.25, -0.2) is 0 Å². The van der Waals surface area contributed by atoms with E-state index in [0.717, 1.165) is 6.42 Å². The van der Waals surface area contributed by atoms with Crippen LogP contribution in [0.25, 0.3) is 0 Å². The van der Waals surface area contributed by atoms with Crippen molar-refractivity contribution in [2.45, 2.75) is 58.3 Å². The normalized spacial score (nSPS) is 8.50. The molecule has 0 unspecified atom stereocenters. The molecule has 0 heterocycles. The largest absolute Gasteiger partial charge is 1.00 e. The second-order valence-corrected chi connectivity index (χ2v) is 2.97. The third kappa shape index (κ3) is 17.3. The van der Waals surface area contributed by atoms with Crippen molar-refractivity contribution in [3.8, 4) is 0 Å². The molecule has 0 fully saturated rings. The molecule has 0 aromatic heterocycles. The second-order valence-electron chi connectivity index (χ2n) is 2.97. The summed E-state index contributed by atoms with van der Waals surface area (Å²) >= 11 is 0. The molecule has 74 valence electrons. The molecule has 0 nitrogen and oxygen atoms in total. The van der Waals surface area contributed by atoms with Gasteiger partial charge in [0, 0.05) is 0 Å². The Morgan fingerprint density at radius 2 is 1.33 bits per heavy atom. The zero-order chi connectivity index (χ0) is 7.66. The van der Waals surface area contributed by atoms with Crippen LogP contribution in [-0.4, -0.2) is 0 Å². The minimum absolute atomic E-state index is 0. The van der Waals surface area contributed by atoms with E-state index in [9.17, 15) is 0 Å². The van der Waals surface area contributed by atoms with Crippen molar-refractivity contribution in [3.63, 3.8) is 0 Å². The summed E-state index contributed by atoms with van der Waals surface area (Å²) in [7, 11) is 0. The first kappa shape index (κ1) is 18.8. The Morgan fingerprint density at radius 1 is 0.917 bits per heavy atom. The van der Waals surface area contributed by atoms with Gasteiger partial charge in [-0.2, -0.15) is 6.42 Å². The molecule has 2 heteroatoms. The van der Waals surface area contributed by atoms with Gasteiger partial charge in [-0.15, -0.1) is 0 Å². The fourth-order valence-electron chi connectivity index (χ4n) is 1.13. The smallest absolute Gasteiger partial charge is 1.00 e. The Bertz CT molecular complexity index is 54.9. The Morgan fingerprint density at radius 3 is 1.75 bits per heavy atom. The van der Waals surface area contributed by atoms with Gasteiger partial charge in [-0.3, -0.25) is 0 Å². The number of hydrogen-bond donors (Lipinski definition) is 0. The standard InChI is InChI=1S/C10H21.Cu.Li.H/c1-3-5-7-9-10-8-6-4-2;;;/h1,3-10H2,2H3;;;/q-1;2*+1;-1. The first-order valence-electron chi connectivity index (χ1n) is 4.71. The van der Waals surface area contributed by atoms with Crippen LogP contribution in [0.3, 0.4) is 0 Å². The minimum atomic E-state index is 0. The van der Waals surface area contributed by atoms with Crippen LogP contribution >= 0.6 is 0 Å². The molecule has 0 radical (unpaired) electrons. The fourth-order valence-corrected chi connectivity index (χ4v) is 1.13. The van der Waals surface area contributed by atoms with Gasteiger partial charge in [0.15, 0.2) is 0 Å². The summed E-state index contributed by atoms with van der Waals surface area (Å²) in [4.78, 5) is 0. The molecule has 0 amide bonds. The topological polar surface area (TPSA) is 0 Å². The molecular weight excluding hydrogens is 191 g/mol. The van der Waals surface area contributed by atoms with E-state index in [1.807, 2.05) is 0 Å². The molecule has 0 atom stereocenters. The van der Waals surface area contributed by atoms with Crippen molar-refractivity contribution >= 4 is 0 Å². The zero-order valence-electron chi connectivity index (χ0n) is 9.67. The molecule has 0 aliphatic heterocycles. The van der Waals surface area contributed by atoms with Crippen molar-refractivity contribution in [1.29, 1.82) is 0 Å². The predicted octanol–water partition coefficient (Wildman–Crippen LogP) is 1.08. The van der Waals surface area contributed by atoms with E-state index < -0.39 is 0 Å². The van der Waals surface area contributed by atoms with Crippen molar-refractivity contribution in [3.05, 3.63) is 6.92 Å². The fraction of sp³-hybridized carbons (Fsp3) is 0.900. The van der Waals surface area contributed by atoms with E-state index in [2.05, 4.69) is 13.8 Å².